The van der Waals surface area contributed by atoms with Crippen molar-refractivity contribution in [3.63, 3.8) is 0 Å². The van der Waals surface area contributed by atoms with Crippen LogP contribution in [0.3, 0.4) is 0 Å². The van der Waals surface area contributed by atoms with E-state index in [0.29, 0.717) is 14.3 Å². The van der Waals surface area contributed by atoms with E-state index in [2.05, 4.69) is 12.6 Å². The summed E-state index contributed by atoms with van der Waals surface area (Å²) in [4.78, 5) is 0. The molecule has 4 heteroatoms. The number of benzene rings is 1. The molecule has 0 amide bonds. The highest BCUT2D eigenvalue weighted by Crippen LogP contribution is 2.37. The molecule has 2 aromatic rings. The van der Waals surface area contributed by atoms with Crippen LogP contribution < -0.4 is 0 Å². The van der Waals surface area contributed by atoms with Gasteiger partial charge in [0.25, 0.3) is 0 Å². The zero-order valence-corrected chi connectivity index (χ0v) is 7.62. The molecule has 12 heavy (non-hydrogen) atoms. The molecule has 1 aromatic carbocycles. The number of aromatic hydroxyl groups is 1. The SMILES string of the molecule is Oc1cccc2c(F)c(S)sc12. The molecule has 0 atom stereocenters. The van der Waals surface area contributed by atoms with Crippen molar-refractivity contribution < 1.29 is 9.50 Å². The van der Waals surface area contributed by atoms with Crippen molar-refractivity contribution in [2.24, 2.45) is 0 Å². The third-order valence-corrected chi connectivity index (χ3v) is 3.09. The topological polar surface area (TPSA) is 20.2 Å². The lowest BCUT2D eigenvalue weighted by Gasteiger charge is -1.91. The molecule has 0 saturated carbocycles. The van der Waals surface area contributed by atoms with Crippen molar-refractivity contribution in [1.29, 1.82) is 0 Å². The van der Waals surface area contributed by atoms with E-state index in [0.717, 1.165) is 11.3 Å². The molecular formula is C8H5FOS2. The first kappa shape index (κ1) is 7.89. The van der Waals surface area contributed by atoms with Crippen molar-refractivity contribution in [2.45, 2.75) is 4.21 Å². The van der Waals surface area contributed by atoms with Gasteiger partial charge in [0.15, 0.2) is 5.82 Å². The smallest absolute Gasteiger partial charge is 0.155 e. The molecule has 0 aliphatic rings. The lowest BCUT2D eigenvalue weighted by molar-refractivity contribution is 0.482. The van der Waals surface area contributed by atoms with E-state index in [1.165, 1.54) is 6.07 Å². The second-order valence-corrected chi connectivity index (χ2v) is 4.15. The standard InChI is InChI=1S/C8H5FOS2/c9-6-4-2-1-3-5(10)7(4)12-8(6)11/h1-3,10-11H. The fourth-order valence-corrected chi connectivity index (χ4v) is 2.29. The van der Waals surface area contributed by atoms with Crippen LogP contribution in [0.1, 0.15) is 0 Å². The zero-order chi connectivity index (χ0) is 8.72. The van der Waals surface area contributed by atoms with Gasteiger partial charge in [-0.2, -0.15) is 0 Å². The summed E-state index contributed by atoms with van der Waals surface area (Å²) in [5.74, 6) is -0.245. The molecule has 2 rings (SSSR count). The van der Waals surface area contributed by atoms with Crippen LogP contribution >= 0.6 is 24.0 Å². The largest absolute Gasteiger partial charge is 0.506 e. The molecule has 0 bridgehead atoms. The number of rotatable bonds is 0. The maximum atomic E-state index is 13.2. The Bertz CT molecular complexity index is 436. The summed E-state index contributed by atoms with van der Waals surface area (Å²) in [6, 6.07) is 4.77. The molecule has 1 aromatic heterocycles. The van der Waals surface area contributed by atoms with E-state index in [9.17, 15) is 9.50 Å². The van der Waals surface area contributed by atoms with Crippen LogP contribution in [0.4, 0.5) is 4.39 Å². The molecule has 62 valence electrons. The highest BCUT2D eigenvalue weighted by Gasteiger charge is 2.10. The Hall–Kier alpha value is -0.740. The Morgan fingerprint density at radius 2 is 2.17 bits per heavy atom. The average molecular weight is 200 g/mol. The van der Waals surface area contributed by atoms with Gasteiger partial charge >= 0.3 is 0 Å². The van der Waals surface area contributed by atoms with Crippen molar-refractivity contribution in [3.05, 3.63) is 24.0 Å². The van der Waals surface area contributed by atoms with Crippen molar-refractivity contribution in [2.75, 3.05) is 0 Å². The first-order valence-corrected chi connectivity index (χ1v) is 4.55. The molecular weight excluding hydrogens is 195 g/mol. The number of phenols is 1. The zero-order valence-electron chi connectivity index (χ0n) is 5.91. The van der Waals surface area contributed by atoms with Gasteiger partial charge in [0.05, 0.1) is 8.91 Å². The molecule has 1 N–H and O–H groups in total. The molecule has 0 aliphatic heterocycles. The van der Waals surface area contributed by atoms with Gasteiger partial charge in [0.1, 0.15) is 5.75 Å². The molecule has 0 saturated heterocycles. The average Bonchev–Trinajstić information content (AvgIpc) is 2.32. The second-order valence-electron chi connectivity index (χ2n) is 2.38. The summed E-state index contributed by atoms with van der Waals surface area (Å²) in [7, 11) is 0. The first-order valence-electron chi connectivity index (χ1n) is 3.29. The maximum absolute atomic E-state index is 13.2. The Labute approximate surface area is 77.9 Å². The molecule has 0 aliphatic carbocycles. The maximum Gasteiger partial charge on any atom is 0.155 e. The van der Waals surface area contributed by atoms with Gasteiger partial charge in [-0.05, 0) is 6.07 Å². The van der Waals surface area contributed by atoms with Crippen molar-refractivity contribution >= 4 is 34.1 Å². The monoisotopic (exact) mass is 200 g/mol. The summed E-state index contributed by atoms with van der Waals surface area (Å²) in [6.07, 6.45) is 0. The Morgan fingerprint density at radius 3 is 2.83 bits per heavy atom. The van der Waals surface area contributed by atoms with Crippen LogP contribution in [0.25, 0.3) is 10.1 Å². The van der Waals surface area contributed by atoms with Crippen molar-refractivity contribution in [3.8, 4) is 5.75 Å². The minimum atomic E-state index is -0.353. The fraction of sp³-hybridized carbons (Fsp3) is 0. The van der Waals surface area contributed by atoms with Crippen molar-refractivity contribution in [1.82, 2.24) is 0 Å². The van der Waals surface area contributed by atoms with Crippen LogP contribution in [0.5, 0.6) is 5.75 Å². The van der Waals surface area contributed by atoms with E-state index in [1.54, 1.807) is 12.1 Å². The van der Waals surface area contributed by atoms with E-state index in [-0.39, 0.29) is 11.6 Å². The normalized spacial score (nSPS) is 10.8. The lowest BCUT2D eigenvalue weighted by Crippen LogP contribution is -1.69. The predicted octanol–water partition coefficient (Wildman–Crippen LogP) is 3.03. The molecule has 1 nitrogen and oxygen atoms in total. The third-order valence-electron chi connectivity index (χ3n) is 1.62. The van der Waals surface area contributed by atoms with Gasteiger partial charge in [0, 0.05) is 5.39 Å². The van der Waals surface area contributed by atoms with E-state index in [4.69, 9.17) is 0 Å². The Kier molecular flexibility index (Phi) is 1.73. The highest BCUT2D eigenvalue weighted by molar-refractivity contribution is 7.83. The van der Waals surface area contributed by atoms with E-state index >= 15 is 0 Å². The number of hydrogen-bond acceptors (Lipinski definition) is 3. The Morgan fingerprint density at radius 1 is 1.42 bits per heavy atom. The highest BCUT2D eigenvalue weighted by atomic mass is 32.2. The van der Waals surface area contributed by atoms with Gasteiger partial charge < -0.3 is 5.11 Å². The number of thiol groups is 1. The Balaban J connectivity index is 2.95. The number of fused-ring (bicyclic) bond motifs is 1. The van der Waals surface area contributed by atoms with Gasteiger partial charge in [-0.25, -0.2) is 4.39 Å². The second kappa shape index (κ2) is 2.64. The van der Waals surface area contributed by atoms with Gasteiger partial charge in [-0.3, -0.25) is 0 Å². The molecule has 1 heterocycles. The molecule has 0 spiro atoms. The predicted molar refractivity (Wildman–Crippen MR) is 50.7 cm³/mol. The lowest BCUT2D eigenvalue weighted by atomic mass is 10.2. The molecule has 0 unspecified atom stereocenters. The van der Waals surface area contributed by atoms with Crippen LogP contribution in [-0.2, 0) is 0 Å². The number of hydrogen-bond donors (Lipinski definition) is 2. The number of phenolic OH excluding ortho intramolecular Hbond substituents is 1. The minimum Gasteiger partial charge on any atom is -0.506 e. The summed E-state index contributed by atoms with van der Waals surface area (Å²) < 4.78 is 14.0. The summed E-state index contributed by atoms with van der Waals surface area (Å²) >= 11 is 5.08. The summed E-state index contributed by atoms with van der Waals surface area (Å²) in [5.41, 5.74) is 0. The number of halogens is 1. The molecule has 0 radical (unpaired) electrons. The van der Waals surface area contributed by atoms with Crippen LogP contribution in [0.2, 0.25) is 0 Å². The van der Waals surface area contributed by atoms with Gasteiger partial charge in [-0.1, -0.05) is 12.1 Å². The fourth-order valence-electron chi connectivity index (χ4n) is 1.06. The third kappa shape index (κ3) is 0.990. The van der Waals surface area contributed by atoms with Crippen LogP contribution in [0.15, 0.2) is 22.4 Å². The summed E-state index contributed by atoms with van der Waals surface area (Å²) in [6.45, 7) is 0. The van der Waals surface area contributed by atoms with E-state index in [1.807, 2.05) is 0 Å². The van der Waals surface area contributed by atoms with Gasteiger partial charge in [0.2, 0.25) is 0 Å². The quantitative estimate of drug-likeness (QED) is 0.626. The van der Waals surface area contributed by atoms with Gasteiger partial charge in [-0.15, -0.1) is 24.0 Å². The van der Waals surface area contributed by atoms with Crippen LogP contribution in [0, 0.1) is 5.82 Å². The molecule has 0 fully saturated rings. The minimum absolute atomic E-state index is 0.108. The number of thiophene rings is 1. The van der Waals surface area contributed by atoms with E-state index < -0.39 is 0 Å². The summed E-state index contributed by atoms with van der Waals surface area (Å²) in [5, 5.41) is 9.75. The van der Waals surface area contributed by atoms with Crippen LogP contribution in [-0.4, -0.2) is 5.11 Å². The first-order chi connectivity index (χ1) is 5.70.